The molecule has 0 aromatic heterocycles. The lowest BCUT2D eigenvalue weighted by Crippen LogP contribution is -1.77. The summed E-state index contributed by atoms with van der Waals surface area (Å²) in [5.74, 6) is 0. The van der Waals surface area contributed by atoms with Crippen LogP contribution in [-0.4, -0.2) is 0 Å². The average Bonchev–Trinajstić information content (AvgIpc) is 2.07. The van der Waals surface area contributed by atoms with Crippen LogP contribution >= 0.6 is 27.5 Å². The summed E-state index contributed by atoms with van der Waals surface area (Å²) in [4.78, 5) is 2.69. The molecule has 62 valence electrons. The fourth-order valence-electron chi connectivity index (χ4n) is 0.798. The predicted octanol–water partition coefficient (Wildman–Crippen LogP) is 4.35. The van der Waals surface area contributed by atoms with Gasteiger partial charge in [0.15, 0.2) is 0 Å². The van der Waals surface area contributed by atoms with E-state index in [1.807, 2.05) is 0 Å². The Morgan fingerprint density at radius 3 is 2.83 bits per heavy atom. The minimum atomic E-state index is 0.561. The molecule has 1 aromatic carbocycles. The molecule has 0 saturated carbocycles. The lowest BCUT2D eigenvalue weighted by Gasteiger charge is -2.02. The van der Waals surface area contributed by atoms with Crippen LogP contribution in [0.3, 0.4) is 0 Å². The van der Waals surface area contributed by atoms with Crippen LogP contribution in [0.5, 0.6) is 0 Å². The van der Waals surface area contributed by atoms with Gasteiger partial charge >= 0.3 is 0 Å². The van der Waals surface area contributed by atoms with Crippen LogP contribution in [-0.2, 0) is 0 Å². The number of rotatable bonds is 1. The van der Waals surface area contributed by atoms with Gasteiger partial charge in [0.1, 0.15) is 0 Å². The van der Waals surface area contributed by atoms with Crippen LogP contribution in [0.1, 0.15) is 5.56 Å². The van der Waals surface area contributed by atoms with Gasteiger partial charge in [0.2, 0.25) is 0 Å². The molecule has 0 atom stereocenters. The van der Waals surface area contributed by atoms with Crippen LogP contribution in [0.4, 0.5) is 5.69 Å². The van der Waals surface area contributed by atoms with Gasteiger partial charge in [0.05, 0.1) is 5.02 Å². The Bertz CT molecular complexity index is 358. The third-order valence-corrected chi connectivity index (χ3v) is 2.84. The van der Waals surface area contributed by atoms with Gasteiger partial charge in [-0.15, -0.1) is 0 Å². The maximum absolute atomic E-state index is 8.21. The van der Waals surface area contributed by atoms with Crippen molar-refractivity contribution in [1.29, 1.82) is 0 Å². The fourth-order valence-corrected chi connectivity index (χ4v) is 1.39. The second-order valence-corrected chi connectivity index (χ2v) is 3.43. The van der Waals surface area contributed by atoms with Crippen LogP contribution in [0.15, 0.2) is 21.7 Å². The third kappa shape index (κ3) is 1.72. The largest absolute Gasteiger partial charge is 0.0828 e. The van der Waals surface area contributed by atoms with E-state index in [0.29, 0.717) is 10.7 Å². The summed E-state index contributed by atoms with van der Waals surface area (Å²) in [7, 11) is 0. The van der Waals surface area contributed by atoms with E-state index in [1.165, 1.54) is 0 Å². The van der Waals surface area contributed by atoms with E-state index in [2.05, 4.69) is 26.0 Å². The Kier molecular flexibility index (Phi) is 2.98. The number of hydrogen-bond acceptors (Lipinski definition) is 1. The Labute approximate surface area is 83.1 Å². The summed E-state index contributed by atoms with van der Waals surface area (Å²) >= 11 is 9.15. The van der Waals surface area contributed by atoms with Gasteiger partial charge in [0.25, 0.3) is 0 Å². The average molecular weight is 246 g/mol. The first-order chi connectivity index (χ1) is 5.66. The van der Waals surface area contributed by atoms with Crippen molar-refractivity contribution in [2.24, 2.45) is 5.11 Å². The Morgan fingerprint density at radius 1 is 1.58 bits per heavy atom. The number of nitrogens with zero attached hydrogens (tertiary/aromatic N) is 3. The van der Waals surface area contributed by atoms with Gasteiger partial charge in [-0.3, -0.25) is 0 Å². The van der Waals surface area contributed by atoms with E-state index < -0.39 is 0 Å². The lowest BCUT2D eigenvalue weighted by molar-refractivity contribution is 1.36. The van der Waals surface area contributed by atoms with Gasteiger partial charge in [-0.25, -0.2) is 0 Å². The van der Waals surface area contributed by atoms with Crippen molar-refractivity contribution in [3.63, 3.8) is 0 Å². The van der Waals surface area contributed by atoms with Crippen LogP contribution in [0.2, 0.25) is 5.02 Å². The van der Waals surface area contributed by atoms with Crippen LogP contribution < -0.4 is 0 Å². The number of azide groups is 1. The molecule has 0 aliphatic rings. The van der Waals surface area contributed by atoms with Crippen molar-refractivity contribution in [3.8, 4) is 0 Å². The fraction of sp³-hybridized carbons (Fsp3) is 0.143. The van der Waals surface area contributed by atoms with Crippen molar-refractivity contribution < 1.29 is 0 Å². The van der Waals surface area contributed by atoms with E-state index >= 15 is 0 Å². The first-order valence-corrected chi connectivity index (χ1v) is 4.33. The molecule has 0 aliphatic carbocycles. The zero-order chi connectivity index (χ0) is 9.14. The van der Waals surface area contributed by atoms with Crippen molar-refractivity contribution in [1.82, 2.24) is 0 Å². The first-order valence-electron chi connectivity index (χ1n) is 3.16. The molecule has 1 rings (SSSR count). The highest BCUT2D eigenvalue weighted by atomic mass is 79.9. The summed E-state index contributed by atoms with van der Waals surface area (Å²) in [5, 5.41) is 4.07. The number of benzene rings is 1. The Morgan fingerprint density at radius 2 is 2.25 bits per heavy atom. The van der Waals surface area contributed by atoms with E-state index in [4.69, 9.17) is 17.1 Å². The normalized spacial score (nSPS) is 9.25. The van der Waals surface area contributed by atoms with Crippen molar-refractivity contribution in [2.45, 2.75) is 6.92 Å². The molecule has 1 aromatic rings. The molecule has 3 nitrogen and oxygen atoms in total. The van der Waals surface area contributed by atoms with E-state index in [9.17, 15) is 0 Å². The maximum atomic E-state index is 8.21. The molecule has 0 spiro atoms. The second kappa shape index (κ2) is 3.81. The predicted molar refractivity (Wildman–Crippen MR) is 52.7 cm³/mol. The SMILES string of the molecule is Cc1c(N=[N+]=[N-])ccc(Br)c1Cl. The molecule has 5 heteroatoms. The zero-order valence-corrected chi connectivity index (χ0v) is 8.59. The second-order valence-electron chi connectivity index (χ2n) is 2.19. The molecule has 0 saturated heterocycles. The van der Waals surface area contributed by atoms with E-state index in [0.717, 1.165) is 10.0 Å². The maximum Gasteiger partial charge on any atom is 0.0581 e. The molecule has 0 heterocycles. The molecular formula is C7H5BrClN3. The number of halogens is 2. The Hall–Kier alpha value is -0.700. The summed E-state index contributed by atoms with van der Waals surface area (Å²) in [6.45, 7) is 1.80. The molecule has 0 amide bonds. The monoisotopic (exact) mass is 245 g/mol. The van der Waals surface area contributed by atoms with Gasteiger partial charge in [0, 0.05) is 15.1 Å². The van der Waals surface area contributed by atoms with E-state index in [-0.39, 0.29) is 0 Å². The summed E-state index contributed by atoms with van der Waals surface area (Å²) in [6.07, 6.45) is 0. The minimum Gasteiger partial charge on any atom is -0.0828 e. The Balaban J connectivity index is 3.35. The molecule has 0 fully saturated rings. The van der Waals surface area contributed by atoms with Crippen molar-refractivity contribution in [2.75, 3.05) is 0 Å². The summed E-state index contributed by atoms with van der Waals surface area (Å²) in [5.41, 5.74) is 9.55. The summed E-state index contributed by atoms with van der Waals surface area (Å²) in [6, 6.07) is 3.46. The first kappa shape index (κ1) is 9.39. The van der Waals surface area contributed by atoms with Crippen molar-refractivity contribution >= 4 is 33.2 Å². The highest BCUT2D eigenvalue weighted by molar-refractivity contribution is 9.10. The molecule has 0 aliphatic heterocycles. The molecule has 0 radical (unpaired) electrons. The molecule has 0 bridgehead atoms. The molecular weight excluding hydrogens is 241 g/mol. The third-order valence-electron chi connectivity index (χ3n) is 1.46. The van der Waals surface area contributed by atoms with Crippen molar-refractivity contribution in [3.05, 3.63) is 37.6 Å². The lowest BCUT2D eigenvalue weighted by atomic mass is 10.2. The highest BCUT2D eigenvalue weighted by Gasteiger charge is 2.03. The number of hydrogen-bond donors (Lipinski definition) is 0. The van der Waals surface area contributed by atoms with Crippen LogP contribution in [0.25, 0.3) is 10.4 Å². The van der Waals surface area contributed by atoms with Gasteiger partial charge in [-0.1, -0.05) is 22.8 Å². The highest BCUT2D eigenvalue weighted by Crippen LogP contribution is 2.32. The van der Waals surface area contributed by atoms with Crippen LogP contribution in [0, 0.1) is 6.92 Å². The zero-order valence-electron chi connectivity index (χ0n) is 6.25. The van der Waals surface area contributed by atoms with Gasteiger partial charge in [-0.2, -0.15) is 0 Å². The van der Waals surface area contributed by atoms with E-state index in [1.54, 1.807) is 19.1 Å². The molecule has 12 heavy (non-hydrogen) atoms. The smallest absolute Gasteiger partial charge is 0.0581 e. The van der Waals surface area contributed by atoms with Gasteiger partial charge in [-0.05, 0) is 40.0 Å². The quantitative estimate of drug-likeness (QED) is 0.402. The minimum absolute atomic E-state index is 0.561. The standard InChI is InChI=1S/C7H5BrClN3/c1-4-6(11-12-10)3-2-5(8)7(4)9/h2-3H,1H3. The molecule has 0 unspecified atom stereocenters. The molecule has 0 N–H and O–H groups in total. The van der Waals surface area contributed by atoms with Gasteiger partial charge < -0.3 is 0 Å². The topological polar surface area (TPSA) is 48.8 Å². The summed E-state index contributed by atoms with van der Waals surface area (Å²) < 4.78 is 0.804.